The van der Waals surface area contributed by atoms with E-state index in [-0.39, 0.29) is 18.5 Å². The van der Waals surface area contributed by atoms with Gasteiger partial charge in [-0.2, -0.15) is 12.7 Å². The summed E-state index contributed by atoms with van der Waals surface area (Å²) < 4.78 is 28.9. The maximum atomic E-state index is 13.7. The van der Waals surface area contributed by atoms with Crippen molar-refractivity contribution in [3.05, 3.63) is 65.2 Å². The fraction of sp³-hybridized carbons (Fsp3) is 0.481. The molecule has 2 unspecified atom stereocenters. The molecule has 0 saturated carbocycles. The number of hydrogen-bond donors (Lipinski definition) is 1. The third-order valence-electron chi connectivity index (χ3n) is 6.30. The maximum Gasteiger partial charge on any atom is 0.304 e. The van der Waals surface area contributed by atoms with Gasteiger partial charge in [0.15, 0.2) is 0 Å². The summed E-state index contributed by atoms with van der Waals surface area (Å²) in [7, 11) is -1.10. The first kappa shape index (κ1) is 29.3. The van der Waals surface area contributed by atoms with Gasteiger partial charge in [0.05, 0.1) is 5.69 Å². The molecule has 0 heterocycles. The van der Waals surface area contributed by atoms with Gasteiger partial charge >= 0.3 is 10.2 Å². The van der Waals surface area contributed by atoms with Crippen molar-refractivity contribution in [2.24, 2.45) is 0 Å². The highest BCUT2D eigenvalue weighted by atomic mass is 32.2. The van der Waals surface area contributed by atoms with E-state index in [1.165, 1.54) is 19.0 Å². The van der Waals surface area contributed by atoms with Crippen LogP contribution < -0.4 is 9.62 Å². The second-order valence-corrected chi connectivity index (χ2v) is 11.5. The average Bonchev–Trinajstić information content (AvgIpc) is 2.84. The molecule has 2 aromatic carbocycles. The third kappa shape index (κ3) is 7.54. The summed E-state index contributed by atoms with van der Waals surface area (Å²) >= 11 is 0. The molecule has 198 valence electrons. The number of anilines is 1. The van der Waals surface area contributed by atoms with Crippen LogP contribution in [0.15, 0.2) is 48.5 Å². The van der Waals surface area contributed by atoms with Gasteiger partial charge in [0, 0.05) is 26.7 Å². The number of nitrogens with zero attached hydrogens (tertiary/aromatic N) is 3. The van der Waals surface area contributed by atoms with Gasteiger partial charge in [-0.3, -0.25) is 9.59 Å². The van der Waals surface area contributed by atoms with Crippen molar-refractivity contribution in [2.45, 2.75) is 59.5 Å². The Hall–Kier alpha value is -2.91. The number of rotatable bonds is 12. The Kier molecular flexibility index (Phi) is 10.5. The minimum Gasteiger partial charge on any atom is -0.352 e. The Morgan fingerprint density at radius 3 is 2.22 bits per heavy atom. The smallest absolute Gasteiger partial charge is 0.304 e. The first-order valence-corrected chi connectivity index (χ1v) is 13.7. The monoisotopic (exact) mass is 516 g/mol. The lowest BCUT2D eigenvalue weighted by Gasteiger charge is -2.33. The molecule has 0 bridgehead atoms. The van der Waals surface area contributed by atoms with Crippen LogP contribution in [0.4, 0.5) is 5.69 Å². The first-order chi connectivity index (χ1) is 16.9. The molecule has 0 aliphatic carbocycles. The van der Waals surface area contributed by atoms with E-state index in [4.69, 9.17) is 0 Å². The Balaban J connectivity index is 2.43. The topological polar surface area (TPSA) is 90.0 Å². The summed E-state index contributed by atoms with van der Waals surface area (Å²) in [5.74, 6) is -0.705. The van der Waals surface area contributed by atoms with Crippen LogP contribution in [0.2, 0.25) is 0 Å². The van der Waals surface area contributed by atoms with Crippen LogP contribution in [0.3, 0.4) is 0 Å². The molecule has 2 aromatic rings. The first-order valence-electron chi connectivity index (χ1n) is 12.3. The molecule has 2 rings (SSSR count). The second kappa shape index (κ2) is 12.9. The highest BCUT2D eigenvalue weighted by Crippen LogP contribution is 2.25. The molecule has 0 radical (unpaired) electrons. The number of nitrogens with one attached hydrogen (secondary N) is 1. The Morgan fingerprint density at radius 1 is 1.00 bits per heavy atom. The van der Waals surface area contributed by atoms with Gasteiger partial charge in [0.2, 0.25) is 11.8 Å². The Bertz CT molecular complexity index is 1140. The van der Waals surface area contributed by atoms with Crippen molar-refractivity contribution in [3.8, 4) is 0 Å². The maximum absolute atomic E-state index is 13.7. The molecular formula is C27H40N4O4S. The largest absolute Gasteiger partial charge is 0.352 e. The third-order valence-corrected chi connectivity index (χ3v) is 8.11. The van der Waals surface area contributed by atoms with Crippen molar-refractivity contribution >= 4 is 27.7 Å². The Morgan fingerprint density at radius 2 is 1.64 bits per heavy atom. The van der Waals surface area contributed by atoms with E-state index in [9.17, 15) is 18.0 Å². The van der Waals surface area contributed by atoms with Crippen molar-refractivity contribution in [1.29, 1.82) is 0 Å². The van der Waals surface area contributed by atoms with Gasteiger partial charge in [-0.05, 0) is 63.3 Å². The van der Waals surface area contributed by atoms with Gasteiger partial charge in [0.25, 0.3) is 0 Å². The number of aryl methyl sites for hydroxylation is 2. The molecule has 8 nitrogen and oxygen atoms in total. The van der Waals surface area contributed by atoms with Crippen molar-refractivity contribution in [1.82, 2.24) is 14.5 Å². The van der Waals surface area contributed by atoms with E-state index in [1.54, 1.807) is 13.0 Å². The van der Waals surface area contributed by atoms with E-state index in [0.29, 0.717) is 12.1 Å². The van der Waals surface area contributed by atoms with Crippen LogP contribution in [-0.4, -0.2) is 68.7 Å². The van der Waals surface area contributed by atoms with Crippen molar-refractivity contribution in [3.63, 3.8) is 0 Å². The van der Waals surface area contributed by atoms with Gasteiger partial charge < -0.3 is 10.2 Å². The fourth-order valence-electron chi connectivity index (χ4n) is 3.73. The standard InChI is InChI=1S/C27H40N4O4S/c1-8-22(4)28-27(33)23(5)30(17-16-24-12-10-9-11-13-24)26(32)19-31(36(34,35)29(6)7)25-18-20(2)14-15-21(25)3/h9-15,18,22-23H,8,16-17,19H2,1-7H3,(H,28,33). The minimum absolute atomic E-state index is 0.0356. The van der Waals surface area contributed by atoms with Gasteiger partial charge in [-0.1, -0.05) is 49.4 Å². The molecular weight excluding hydrogens is 476 g/mol. The van der Waals surface area contributed by atoms with Crippen LogP contribution in [0.1, 0.15) is 43.9 Å². The van der Waals surface area contributed by atoms with Crippen LogP contribution in [0.5, 0.6) is 0 Å². The van der Waals surface area contributed by atoms with Crippen molar-refractivity contribution < 1.29 is 18.0 Å². The van der Waals surface area contributed by atoms with E-state index >= 15 is 0 Å². The van der Waals surface area contributed by atoms with Crippen LogP contribution in [0.25, 0.3) is 0 Å². The molecule has 0 aromatic heterocycles. The normalized spacial score (nSPS) is 13.2. The number of carbonyl (C=O) groups excluding carboxylic acids is 2. The molecule has 0 spiro atoms. The predicted octanol–water partition coefficient (Wildman–Crippen LogP) is 3.29. The lowest BCUT2D eigenvalue weighted by Crippen LogP contribution is -2.54. The summed E-state index contributed by atoms with van der Waals surface area (Å²) in [6, 6.07) is 14.4. The summed E-state index contributed by atoms with van der Waals surface area (Å²) in [6.07, 6.45) is 1.30. The molecule has 1 N–H and O–H groups in total. The zero-order valence-corrected chi connectivity index (χ0v) is 23.3. The number of carbonyl (C=O) groups is 2. The number of benzene rings is 2. The number of amides is 2. The van der Waals surface area contributed by atoms with E-state index in [2.05, 4.69) is 5.32 Å². The van der Waals surface area contributed by atoms with Crippen LogP contribution in [-0.2, 0) is 26.2 Å². The number of hydrogen-bond acceptors (Lipinski definition) is 4. The lowest BCUT2D eigenvalue weighted by atomic mass is 10.1. The fourth-order valence-corrected chi connectivity index (χ4v) is 4.84. The molecule has 0 saturated heterocycles. The van der Waals surface area contributed by atoms with Gasteiger partial charge in [-0.15, -0.1) is 0 Å². The zero-order chi connectivity index (χ0) is 27.0. The van der Waals surface area contributed by atoms with Crippen molar-refractivity contribution in [2.75, 3.05) is 31.5 Å². The molecule has 2 amide bonds. The Labute approximate surface area is 216 Å². The minimum atomic E-state index is -3.98. The summed E-state index contributed by atoms with van der Waals surface area (Å²) in [6.45, 7) is 9.12. The lowest BCUT2D eigenvalue weighted by molar-refractivity contribution is -0.139. The summed E-state index contributed by atoms with van der Waals surface area (Å²) in [5.41, 5.74) is 3.08. The second-order valence-electron chi connectivity index (χ2n) is 9.40. The molecule has 0 aliphatic heterocycles. The SMILES string of the molecule is CCC(C)NC(=O)C(C)N(CCc1ccccc1)C(=O)CN(c1cc(C)ccc1C)S(=O)(=O)N(C)C. The van der Waals surface area contributed by atoms with Crippen LogP contribution >= 0.6 is 0 Å². The van der Waals surface area contributed by atoms with Crippen LogP contribution in [0, 0.1) is 13.8 Å². The van der Waals surface area contributed by atoms with Gasteiger partial charge in [-0.25, -0.2) is 4.31 Å². The van der Waals surface area contributed by atoms with E-state index < -0.39 is 28.7 Å². The molecule has 9 heteroatoms. The highest BCUT2D eigenvalue weighted by molar-refractivity contribution is 7.90. The van der Waals surface area contributed by atoms with Gasteiger partial charge in [0.1, 0.15) is 12.6 Å². The molecule has 0 fully saturated rings. The summed E-state index contributed by atoms with van der Waals surface area (Å²) in [5, 5.41) is 2.94. The van der Waals surface area contributed by atoms with E-state index in [1.807, 2.05) is 70.2 Å². The molecule has 2 atom stereocenters. The molecule has 36 heavy (non-hydrogen) atoms. The zero-order valence-electron chi connectivity index (χ0n) is 22.5. The quantitative estimate of drug-likeness (QED) is 0.469. The average molecular weight is 517 g/mol. The highest BCUT2D eigenvalue weighted by Gasteiger charge is 2.33. The summed E-state index contributed by atoms with van der Waals surface area (Å²) in [4.78, 5) is 28.2. The van der Waals surface area contributed by atoms with E-state index in [0.717, 1.165) is 31.7 Å². The predicted molar refractivity (Wildman–Crippen MR) is 145 cm³/mol. The molecule has 0 aliphatic rings.